The Balaban J connectivity index is 2.25. The highest BCUT2D eigenvalue weighted by Gasteiger charge is 2.37. The number of carbonyl (C=O) groups is 1. The molecule has 0 aromatic heterocycles. The highest BCUT2D eigenvalue weighted by Crippen LogP contribution is 2.46. The summed E-state index contributed by atoms with van der Waals surface area (Å²) in [6.45, 7) is 3.72. The zero-order valence-corrected chi connectivity index (χ0v) is 17.1. The SMILES string of the molecule is C/C=N\N1C(C(=O)OC)=C(OCc2ccccc2)c2ccc(Cl)c(O)c2/C1=C\C. The number of aromatic hydroxyl groups is 1. The lowest BCUT2D eigenvalue weighted by atomic mass is 9.95. The van der Waals surface area contributed by atoms with Gasteiger partial charge < -0.3 is 14.6 Å². The van der Waals surface area contributed by atoms with Crippen molar-refractivity contribution in [1.82, 2.24) is 5.01 Å². The third kappa shape index (κ3) is 3.84. The molecule has 0 amide bonds. The highest BCUT2D eigenvalue weighted by atomic mass is 35.5. The summed E-state index contributed by atoms with van der Waals surface area (Å²) in [4.78, 5) is 12.7. The van der Waals surface area contributed by atoms with Crippen molar-refractivity contribution >= 4 is 35.2 Å². The van der Waals surface area contributed by atoms with Crippen LogP contribution in [0.1, 0.15) is 30.5 Å². The summed E-state index contributed by atoms with van der Waals surface area (Å²) in [6.07, 6.45) is 3.27. The first-order valence-electron chi connectivity index (χ1n) is 9.00. The molecule has 1 N–H and O–H groups in total. The molecule has 29 heavy (non-hydrogen) atoms. The van der Waals surface area contributed by atoms with Crippen molar-refractivity contribution in [1.29, 1.82) is 0 Å². The summed E-state index contributed by atoms with van der Waals surface area (Å²) in [5.41, 5.74) is 2.49. The first kappa shape index (κ1) is 20.5. The fourth-order valence-corrected chi connectivity index (χ4v) is 3.28. The standard InChI is InChI=1S/C22H21ClN2O4/c1-4-17-18-15(11-12-16(23)20(18)26)21(29-13-14-9-7-6-8-10-14)19(22(27)28-3)25(17)24-5-2/h4-12,26H,13H2,1-3H3/b17-4+,24-5-. The van der Waals surface area contributed by atoms with Crippen LogP contribution in [0, 0.1) is 0 Å². The van der Waals surface area contributed by atoms with E-state index in [2.05, 4.69) is 5.10 Å². The number of carbonyl (C=O) groups excluding carboxylic acids is 1. The van der Waals surface area contributed by atoms with E-state index < -0.39 is 5.97 Å². The number of halogens is 1. The Morgan fingerprint density at radius 2 is 1.93 bits per heavy atom. The lowest BCUT2D eigenvalue weighted by Crippen LogP contribution is -2.29. The second-order valence-corrected chi connectivity index (χ2v) is 6.53. The van der Waals surface area contributed by atoms with Crippen LogP contribution >= 0.6 is 11.6 Å². The Kier molecular flexibility index (Phi) is 6.24. The van der Waals surface area contributed by atoms with Gasteiger partial charge in [0.1, 0.15) is 12.4 Å². The lowest BCUT2D eigenvalue weighted by molar-refractivity contribution is -0.137. The fraction of sp³-hybridized carbons (Fsp3) is 0.182. The van der Waals surface area contributed by atoms with Gasteiger partial charge in [-0.2, -0.15) is 5.10 Å². The van der Waals surface area contributed by atoms with Crippen molar-refractivity contribution < 1.29 is 19.4 Å². The zero-order chi connectivity index (χ0) is 21.0. The topological polar surface area (TPSA) is 71.4 Å². The molecule has 0 atom stereocenters. The largest absolute Gasteiger partial charge is 0.506 e. The molecule has 0 saturated carbocycles. The molecule has 1 aliphatic rings. The summed E-state index contributed by atoms with van der Waals surface area (Å²) in [5, 5.41) is 16.6. The predicted molar refractivity (Wildman–Crippen MR) is 113 cm³/mol. The molecule has 6 nitrogen and oxygen atoms in total. The normalized spacial score (nSPS) is 15.0. The number of rotatable bonds is 5. The van der Waals surface area contributed by atoms with Gasteiger partial charge in [0.05, 0.1) is 23.4 Å². The number of phenols is 1. The quantitative estimate of drug-likeness (QED) is 0.565. The molecule has 0 fully saturated rings. The van der Waals surface area contributed by atoms with E-state index in [0.717, 1.165) is 5.56 Å². The fourth-order valence-electron chi connectivity index (χ4n) is 3.12. The van der Waals surface area contributed by atoms with E-state index >= 15 is 0 Å². The minimum Gasteiger partial charge on any atom is -0.506 e. The van der Waals surface area contributed by atoms with Crippen LogP contribution in [0.5, 0.6) is 5.75 Å². The predicted octanol–water partition coefficient (Wildman–Crippen LogP) is 4.79. The molecule has 1 aliphatic heterocycles. The van der Waals surface area contributed by atoms with Crippen LogP contribution < -0.4 is 0 Å². The average molecular weight is 413 g/mol. The number of phenolic OH excluding ortho intramolecular Hbond substituents is 1. The van der Waals surface area contributed by atoms with Gasteiger partial charge in [-0.25, -0.2) is 9.80 Å². The number of fused-ring (bicyclic) bond motifs is 1. The second kappa shape index (κ2) is 8.84. The van der Waals surface area contributed by atoms with Crippen LogP contribution in [0.3, 0.4) is 0 Å². The van der Waals surface area contributed by atoms with Gasteiger partial charge >= 0.3 is 5.97 Å². The molecule has 3 rings (SSSR count). The van der Waals surface area contributed by atoms with Crippen molar-refractivity contribution in [3.63, 3.8) is 0 Å². The highest BCUT2D eigenvalue weighted by molar-refractivity contribution is 6.32. The monoisotopic (exact) mass is 412 g/mol. The molecular weight excluding hydrogens is 392 g/mol. The third-order valence-corrected chi connectivity index (χ3v) is 4.70. The first-order chi connectivity index (χ1) is 14.0. The maximum absolute atomic E-state index is 12.7. The number of allylic oxidation sites excluding steroid dienone is 1. The minimum absolute atomic E-state index is 0.113. The minimum atomic E-state index is -0.613. The zero-order valence-electron chi connectivity index (χ0n) is 16.3. The van der Waals surface area contributed by atoms with Crippen molar-refractivity contribution in [2.45, 2.75) is 20.5 Å². The van der Waals surface area contributed by atoms with Crippen LogP contribution in [-0.2, 0) is 20.9 Å². The molecule has 0 saturated heterocycles. The number of nitrogens with zero attached hydrogens (tertiary/aromatic N) is 2. The number of esters is 1. The first-order valence-corrected chi connectivity index (χ1v) is 9.37. The molecule has 0 aliphatic carbocycles. The van der Waals surface area contributed by atoms with Gasteiger partial charge in [0, 0.05) is 11.8 Å². The number of hydrogen-bond acceptors (Lipinski definition) is 6. The molecule has 0 unspecified atom stereocenters. The summed E-state index contributed by atoms with van der Waals surface area (Å²) < 4.78 is 11.1. The number of methoxy groups -OCH3 is 1. The van der Waals surface area contributed by atoms with Crippen LogP contribution in [0.25, 0.3) is 11.5 Å². The number of hydrazone groups is 1. The molecular formula is C22H21ClN2O4. The van der Waals surface area contributed by atoms with Crippen LogP contribution in [0.2, 0.25) is 5.02 Å². The van der Waals surface area contributed by atoms with Crippen LogP contribution in [-0.4, -0.2) is 29.4 Å². The number of hydrogen-bond donors (Lipinski definition) is 1. The van der Waals surface area contributed by atoms with Gasteiger partial charge in [-0.05, 0) is 31.5 Å². The maximum atomic E-state index is 12.7. The Morgan fingerprint density at radius 1 is 1.21 bits per heavy atom. The van der Waals surface area contributed by atoms with Gasteiger partial charge in [-0.1, -0.05) is 48.0 Å². The smallest absolute Gasteiger partial charge is 0.360 e. The molecule has 0 spiro atoms. The van der Waals surface area contributed by atoms with E-state index in [9.17, 15) is 9.90 Å². The van der Waals surface area contributed by atoms with E-state index in [4.69, 9.17) is 21.1 Å². The Hall–Kier alpha value is -3.25. The Bertz CT molecular complexity index is 1010. The molecule has 150 valence electrons. The van der Waals surface area contributed by atoms with Gasteiger partial charge in [0.25, 0.3) is 0 Å². The summed E-state index contributed by atoms with van der Waals surface area (Å²) in [5.74, 6) is -0.477. The molecule has 0 radical (unpaired) electrons. The number of benzene rings is 2. The Labute approximate surface area is 174 Å². The van der Waals surface area contributed by atoms with Crippen molar-refractivity contribution in [3.05, 3.63) is 76.0 Å². The maximum Gasteiger partial charge on any atom is 0.360 e. The van der Waals surface area contributed by atoms with Gasteiger partial charge in [0.15, 0.2) is 11.5 Å². The van der Waals surface area contributed by atoms with E-state index in [1.807, 2.05) is 30.3 Å². The summed E-state index contributed by atoms with van der Waals surface area (Å²) in [7, 11) is 1.29. The van der Waals surface area contributed by atoms with Crippen molar-refractivity contribution in [2.24, 2.45) is 5.10 Å². The van der Waals surface area contributed by atoms with E-state index in [1.165, 1.54) is 18.3 Å². The molecule has 2 aromatic carbocycles. The van der Waals surface area contributed by atoms with Gasteiger partial charge in [-0.15, -0.1) is 0 Å². The average Bonchev–Trinajstić information content (AvgIpc) is 2.75. The molecule has 0 bridgehead atoms. The van der Waals surface area contributed by atoms with E-state index in [-0.39, 0.29) is 28.8 Å². The van der Waals surface area contributed by atoms with E-state index in [1.54, 1.807) is 32.1 Å². The van der Waals surface area contributed by atoms with Gasteiger partial charge in [0.2, 0.25) is 0 Å². The number of ether oxygens (including phenoxy) is 2. The van der Waals surface area contributed by atoms with Crippen LogP contribution in [0.4, 0.5) is 0 Å². The van der Waals surface area contributed by atoms with Crippen molar-refractivity contribution in [3.8, 4) is 5.75 Å². The molecule has 7 heteroatoms. The second-order valence-electron chi connectivity index (χ2n) is 6.12. The van der Waals surface area contributed by atoms with Gasteiger partial charge in [-0.3, -0.25) is 0 Å². The molecule has 2 aromatic rings. The lowest BCUT2D eigenvalue weighted by Gasteiger charge is -2.32. The molecule has 1 heterocycles. The van der Waals surface area contributed by atoms with Crippen LogP contribution in [0.15, 0.2) is 59.3 Å². The summed E-state index contributed by atoms with van der Waals surface area (Å²) >= 11 is 6.16. The third-order valence-electron chi connectivity index (χ3n) is 4.39. The Morgan fingerprint density at radius 3 is 2.55 bits per heavy atom. The van der Waals surface area contributed by atoms with Crippen molar-refractivity contribution in [2.75, 3.05) is 7.11 Å². The van der Waals surface area contributed by atoms with E-state index in [0.29, 0.717) is 16.8 Å². The summed E-state index contributed by atoms with van der Waals surface area (Å²) in [6, 6.07) is 12.8.